The van der Waals surface area contributed by atoms with Crippen LogP contribution < -0.4 is 10.2 Å². The maximum absolute atomic E-state index is 3.79. The lowest BCUT2D eigenvalue weighted by atomic mass is 10.0. The van der Waals surface area contributed by atoms with E-state index in [1.54, 1.807) is 0 Å². The highest BCUT2D eigenvalue weighted by atomic mass is 15.2. The number of nitrogens with one attached hydrogen (secondary N) is 1. The van der Waals surface area contributed by atoms with Gasteiger partial charge in [-0.1, -0.05) is 32.0 Å². The van der Waals surface area contributed by atoms with E-state index in [-0.39, 0.29) is 0 Å². The molecule has 1 heterocycles. The van der Waals surface area contributed by atoms with Crippen molar-refractivity contribution in [2.24, 2.45) is 0 Å². The second-order valence-electron chi connectivity index (χ2n) is 6.00. The molecule has 104 valence electrons. The minimum atomic E-state index is 0.710. The lowest BCUT2D eigenvalue weighted by Crippen LogP contribution is -2.34. The largest absolute Gasteiger partial charge is 0.369 e. The van der Waals surface area contributed by atoms with E-state index in [1.807, 2.05) is 0 Å². The average molecular weight is 258 g/mol. The van der Waals surface area contributed by atoms with Gasteiger partial charge >= 0.3 is 0 Å². The van der Waals surface area contributed by atoms with Crippen molar-refractivity contribution in [2.75, 3.05) is 18.0 Å². The maximum Gasteiger partial charge on any atom is 0.0431 e. The summed E-state index contributed by atoms with van der Waals surface area (Å²) in [5.74, 6) is 0. The van der Waals surface area contributed by atoms with Crippen LogP contribution in [0.25, 0.3) is 0 Å². The number of anilines is 1. The third kappa shape index (κ3) is 2.79. The van der Waals surface area contributed by atoms with Gasteiger partial charge in [-0.15, -0.1) is 0 Å². The molecule has 2 aliphatic rings. The highest BCUT2D eigenvalue weighted by Crippen LogP contribution is 2.31. The minimum absolute atomic E-state index is 0.710. The maximum atomic E-state index is 3.79. The molecular weight excluding hydrogens is 232 g/mol. The summed E-state index contributed by atoms with van der Waals surface area (Å²) >= 11 is 0. The topological polar surface area (TPSA) is 15.3 Å². The molecule has 1 unspecified atom stereocenters. The summed E-state index contributed by atoms with van der Waals surface area (Å²) in [5, 5.41) is 3.79. The third-order valence-corrected chi connectivity index (χ3v) is 4.52. The second kappa shape index (κ2) is 5.54. The first-order valence-electron chi connectivity index (χ1n) is 7.93. The van der Waals surface area contributed by atoms with Crippen molar-refractivity contribution in [1.29, 1.82) is 0 Å². The highest BCUT2D eigenvalue weighted by Gasteiger charge is 2.30. The monoisotopic (exact) mass is 258 g/mol. The molecule has 19 heavy (non-hydrogen) atoms. The molecule has 0 radical (unpaired) electrons. The van der Waals surface area contributed by atoms with E-state index >= 15 is 0 Å². The Hall–Kier alpha value is -1.02. The number of para-hydroxylation sites is 1. The molecule has 1 aromatic rings. The molecule has 1 aromatic carbocycles. The fraction of sp³-hybridized carbons (Fsp3) is 0.647. The molecule has 2 nitrogen and oxygen atoms in total. The van der Waals surface area contributed by atoms with E-state index in [0.29, 0.717) is 6.04 Å². The van der Waals surface area contributed by atoms with Crippen LogP contribution in [0.15, 0.2) is 18.2 Å². The van der Waals surface area contributed by atoms with Crippen molar-refractivity contribution in [1.82, 2.24) is 5.32 Å². The molecular formula is C17H26N2. The van der Waals surface area contributed by atoms with Gasteiger partial charge in [0.25, 0.3) is 0 Å². The Balaban J connectivity index is 1.77. The molecule has 1 saturated heterocycles. The first-order chi connectivity index (χ1) is 9.31. The van der Waals surface area contributed by atoms with Gasteiger partial charge in [0, 0.05) is 30.9 Å². The molecule has 0 spiro atoms. The zero-order valence-electron chi connectivity index (χ0n) is 12.3. The van der Waals surface area contributed by atoms with E-state index in [0.717, 1.165) is 18.9 Å². The van der Waals surface area contributed by atoms with Crippen LogP contribution in [0.2, 0.25) is 0 Å². The standard InChI is InChI=1S/C17H26N2/c1-3-13-6-5-7-14(4-2)17(13)19-11-10-16(12-19)18-15-8-9-15/h5-7,15-16,18H,3-4,8-12H2,1-2H3. The SMILES string of the molecule is CCc1cccc(CC)c1N1CCC(NC2CC2)C1. The molecule has 2 fully saturated rings. The van der Waals surface area contributed by atoms with Crippen molar-refractivity contribution in [3.8, 4) is 0 Å². The van der Waals surface area contributed by atoms with Gasteiger partial charge in [-0.25, -0.2) is 0 Å². The van der Waals surface area contributed by atoms with Crippen molar-refractivity contribution in [2.45, 2.75) is 58.0 Å². The van der Waals surface area contributed by atoms with E-state index in [1.165, 1.54) is 49.2 Å². The summed E-state index contributed by atoms with van der Waals surface area (Å²) < 4.78 is 0. The number of hydrogen-bond acceptors (Lipinski definition) is 2. The van der Waals surface area contributed by atoms with E-state index in [2.05, 4.69) is 42.3 Å². The van der Waals surface area contributed by atoms with Gasteiger partial charge < -0.3 is 10.2 Å². The van der Waals surface area contributed by atoms with Gasteiger partial charge in [0.15, 0.2) is 0 Å². The van der Waals surface area contributed by atoms with Crippen LogP contribution in [0.4, 0.5) is 5.69 Å². The molecule has 1 saturated carbocycles. The van der Waals surface area contributed by atoms with Crippen LogP contribution >= 0.6 is 0 Å². The molecule has 1 N–H and O–H groups in total. The summed E-state index contributed by atoms with van der Waals surface area (Å²) in [7, 11) is 0. The van der Waals surface area contributed by atoms with Crippen LogP contribution in [-0.4, -0.2) is 25.2 Å². The van der Waals surface area contributed by atoms with Crippen LogP contribution in [0.1, 0.15) is 44.2 Å². The smallest absolute Gasteiger partial charge is 0.0431 e. The van der Waals surface area contributed by atoms with Crippen molar-refractivity contribution < 1.29 is 0 Å². The third-order valence-electron chi connectivity index (χ3n) is 4.52. The first kappa shape index (κ1) is 13.0. The van der Waals surface area contributed by atoms with Crippen LogP contribution in [0.5, 0.6) is 0 Å². The zero-order valence-corrected chi connectivity index (χ0v) is 12.3. The Labute approximate surface area is 117 Å². The van der Waals surface area contributed by atoms with Gasteiger partial charge in [-0.2, -0.15) is 0 Å². The van der Waals surface area contributed by atoms with E-state index in [9.17, 15) is 0 Å². The lowest BCUT2D eigenvalue weighted by molar-refractivity contribution is 0.548. The van der Waals surface area contributed by atoms with Gasteiger partial charge in [-0.05, 0) is 43.2 Å². The second-order valence-corrected chi connectivity index (χ2v) is 6.00. The number of aryl methyl sites for hydroxylation is 2. The van der Waals surface area contributed by atoms with Crippen LogP contribution in [-0.2, 0) is 12.8 Å². The van der Waals surface area contributed by atoms with Crippen molar-refractivity contribution >= 4 is 5.69 Å². The average Bonchev–Trinajstić information content (AvgIpc) is 3.14. The molecule has 3 rings (SSSR count). The van der Waals surface area contributed by atoms with Crippen molar-refractivity contribution in [3.63, 3.8) is 0 Å². The minimum Gasteiger partial charge on any atom is -0.369 e. The summed E-state index contributed by atoms with van der Waals surface area (Å²) in [6.07, 6.45) is 6.36. The Bertz CT molecular complexity index is 415. The van der Waals surface area contributed by atoms with Gasteiger partial charge in [0.1, 0.15) is 0 Å². The zero-order chi connectivity index (χ0) is 13.2. The number of benzene rings is 1. The Kier molecular flexibility index (Phi) is 3.79. The molecule has 1 atom stereocenters. The predicted octanol–water partition coefficient (Wildman–Crippen LogP) is 3.14. The van der Waals surface area contributed by atoms with Crippen molar-refractivity contribution in [3.05, 3.63) is 29.3 Å². The van der Waals surface area contributed by atoms with Crippen LogP contribution in [0.3, 0.4) is 0 Å². The Morgan fingerprint density at radius 1 is 1.05 bits per heavy atom. The van der Waals surface area contributed by atoms with E-state index < -0.39 is 0 Å². The summed E-state index contributed by atoms with van der Waals surface area (Å²) in [6.45, 7) is 6.96. The molecule has 0 amide bonds. The Morgan fingerprint density at radius 2 is 1.74 bits per heavy atom. The normalized spacial score (nSPS) is 23.1. The Morgan fingerprint density at radius 3 is 2.32 bits per heavy atom. The highest BCUT2D eigenvalue weighted by molar-refractivity contribution is 5.60. The van der Waals surface area contributed by atoms with Gasteiger partial charge in [0.2, 0.25) is 0 Å². The number of nitrogens with zero attached hydrogens (tertiary/aromatic N) is 1. The quantitative estimate of drug-likeness (QED) is 0.873. The van der Waals surface area contributed by atoms with Crippen LogP contribution in [0, 0.1) is 0 Å². The number of hydrogen-bond donors (Lipinski definition) is 1. The molecule has 2 heteroatoms. The molecule has 0 aromatic heterocycles. The predicted molar refractivity (Wildman–Crippen MR) is 82.0 cm³/mol. The van der Waals surface area contributed by atoms with Gasteiger partial charge in [0.05, 0.1) is 0 Å². The lowest BCUT2D eigenvalue weighted by Gasteiger charge is -2.25. The number of rotatable bonds is 5. The van der Waals surface area contributed by atoms with Gasteiger partial charge in [-0.3, -0.25) is 0 Å². The fourth-order valence-corrected chi connectivity index (χ4v) is 3.30. The first-order valence-corrected chi connectivity index (χ1v) is 7.93. The summed E-state index contributed by atoms with van der Waals surface area (Å²) in [5.41, 5.74) is 4.57. The summed E-state index contributed by atoms with van der Waals surface area (Å²) in [6, 6.07) is 8.36. The fourth-order valence-electron chi connectivity index (χ4n) is 3.30. The molecule has 1 aliphatic carbocycles. The molecule has 1 aliphatic heterocycles. The van der Waals surface area contributed by atoms with E-state index in [4.69, 9.17) is 0 Å². The molecule has 0 bridgehead atoms. The summed E-state index contributed by atoms with van der Waals surface area (Å²) in [4.78, 5) is 2.62.